The molecule has 3 heterocycles. The molecule has 1 unspecified atom stereocenters. The second-order valence-corrected chi connectivity index (χ2v) is 7.24. The normalized spacial score (nSPS) is 16.6. The van der Waals surface area contributed by atoms with Crippen molar-refractivity contribution < 1.29 is 9.59 Å². The van der Waals surface area contributed by atoms with Crippen LogP contribution in [0.25, 0.3) is 0 Å². The first-order chi connectivity index (χ1) is 12.7. The Morgan fingerprint density at radius 1 is 1.23 bits per heavy atom. The standard InChI is InChI=1S/C18H23N5O2S/c24-17(3-2-16-11-26-13-22-16)21-9-15-5-6-23(10-15)18(25)4-1-14-7-19-12-20-8-14/h7-8,11-13,15H,1-6,9-10H2,(H,21,24). The second kappa shape index (κ2) is 9.38. The number of carbonyl (C=O) groups is 2. The van der Waals surface area contributed by atoms with Crippen LogP contribution in [0.2, 0.25) is 0 Å². The zero-order chi connectivity index (χ0) is 18.2. The van der Waals surface area contributed by atoms with Gasteiger partial charge in [-0.15, -0.1) is 11.3 Å². The third-order valence-electron chi connectivity index (χ3n) is 4.56. The van der Waals surface area contributed by atoms with Gasteiger partial charge in [-0.3, -0.25) is 9.59 Å². The van der Waals surface area contributed by atoms with Crippen LogP contribution in [0.5, 0.6) is 0 Å². The Morgan fingerprint density at radius 3 is 2.85 bits per heavy atom. The number of nitrogens with one attached hydrogen (secondary N) is 1. The van der Waals surface area contributed by atoms with Crippen molar-refractivity contribution in [2.24, 2.45) is 5.92 Å². The Morgan fingerprint density at radius 2 is 2.08 bits per heavy atom. The third-order valence-corrected chi connectivity index (χ3v) is 5.20. The average Bonchev–Trinajstić information content (AvgIpc) is 3.35. The lowest BCUT2D eigenvalue weighted by Crippen LogP contribution is -2.33. The van der Waals surface area contributed by atoms with E-state index in [1.807, 2.05) is 10.3 Å². The molecule has 0 bridgehead atoms. The molecule has 1 N–H and O–H groups in total. The summed E-state index contributed by atoms with van der Waals surface area (Å²) in [5.41, 5.74) is 3.72. The zero-order valence-corrected chi connectivity index (χ0v) is 15.5. The van der Waals surface area contributed by atoms with Gasteiger partial charge in [0.15, 0.2) is 0 Å². The second-order valence-electron chi connectivity index (χ2n) is 6.53. The van der Waals surface area contributed by atoms with Gasteiger partial charge in [-0.05, 0) is 30.7 Å². The van der Waals surface area contributed by atoms with Crippen molar-refractivity contribution >= 4 is 23.2 Å². The van der Waals surface area contributed by atoms with E-state index in [9.17, 15) is 9.59 Å². The van der Waals surface area contributed by atoms with Gasteiger partial charge in [-0.1, -0.05) is 0 Å². The molecule has 1 atom stereocenters. The topological polar surface area (TPSA) is 88.1 Å². The lowest BCUT2D eigenvalue weighted by atomic mass is 10.1. The van der Waals surface area contributed by atoms with Crippen LogP contribution in [-0.2, 0) is 22.4 Å². The molecule has 0 saturated carbocycles. The predicted octanol–water partition coefficient (Wildman–Crippen LogP) is 1.46. The van der Waals surface area contributed by atoms with Crippen molar-refractivity contribution in [1.82, 2.24) is 25.2 Å². The van der Waals surface area contributed by atoms with E-state index in [1.54, 1.807) is 29.2 Å². The summed E-state index contributed by atoms with van der Waals surface area (Å²) in [6.07, 6.45) is 8.18. The first kappa shape index (κ1) is 18.4. The van der Waals surface area contributed by atoms with E-state index in [2.05, 4.69) is 20.3 Å². The fourth-order valence-corrected chi connectivity index (χ4v) is 3.64. The summed E-state index contributed by atoms with van der Waals surface area (Å²) >= 11 is 1.54. The number of thiazole rings is 1. The number of rotatable bonds is 8. The number of aryl methyl sites for hydroxylation is 2. The minimum absolute atomic E-state index is 0.0480. The number of nitrogens with zero attached hydrogens (tertiary/aromatic N) is 4. The van der Waals surface area contributed by atoms with E-state index in [0.717, 1.165) is 30.8 Å². The molecule has 26 heavy (non-hydrogen) atoms. The quantitative estimate of drug-likeness (QED) is 0.757. The minimum Gasteiger partial charge on any atom is -0.356 e. The Bertz CT molecular complexity index is 708. The maximum atomic E-state index is 12.3. The average molecular weight is 373 g/mol. The molecule has 0 aromatic carbocycles. The van der Waals surface area contributed by atoms with Crippen LogP contribution in [0.3, 0.4) is 0 Å². The van der Waals surface area contributed by atoms with E-state index >= 15 is 0 Å². The number of carbonyl (C=O) groups excluding carboxylic acids is 2. The molecule has 7 nitrogen and oxygen atoms in total. The molecule has 2 aromatic rings. The highest BCUT2D eigenvalue weighted by Gasteiger charge is 2.26. The van der Waals surface area contributed by atoms with Crippen molar-refractivity contribution in [2.75, 3.05) is 19.6 Å². The van der Waals surface area contributed by atoms with Crippen LogP contribution >= 0.6 is 11.3 Å². The molecule has 138 valence electrons. The van der Waals surface area contributed by atoms with Crippen LogP contribution in [0.1, 0.15) is 30.5 Å². The largest absolute Gasteiger partial charge is 0.356 e. The highest BCUT2D eigenvalue weighted by molar-refractivity contribution is 7.07. The fraction of sp³-hybridized carbons (Fsp3) is 0.500. The molecular formula is C18H23N5O2S. The first-order valence-electron chi connectivity index (χ1n) is 8.86. The molecule has 1 aliphatic rings. The fourth-order valence-electron chi connectivity index (χ4n) is 3.04. The number of aromatic nitrogens is 3. The Kier molecular flexibility index (Phi) is 6.65. The maximum Gasteiger partial charge on any atom is 0.222 e. The minimum atomic E-state index is 0.0480. The van der Waals surface area contributed by atoms with Crippen molar-refractivity contribution in [2.45, 2.75) is 32.1 Å². The summed E-state index contributed by atoms with van der Waals surface area (Å²) < 4.78 is 0. The van der Waals surface area contributed by atoms with Gasteiger partial charge in [-0.25, -0.2) is 15.0 Å². The molecule has 0 aliphatic carbocycles. The number of hydrogen-bond acceptors (Lipinski definition) is 6. The Balaban J connectivity index is 1.33. The molecule has 2 aromatic heterocycles. The van der Waals surface area contributed by atoms with Crippen molar-refractivity contribution in [3.63, 3.8) is 0 Å². The zero-order valence-electron chi connectivity index (χ0n) is 14.6. The van der Waals surface area contributed by atoms with E-state index in [1.165, 1.54) is 6.33 Å². The van der Waals surface area contributed by atoms with E-state index in [4.69, 9.17) is 0 Å². The van der Waals surface area contributed by atoms with E-state index < -0.39 is 0 Å². The highest BCUT2D eigenvalue weighted by Crippen LogP contribution is 2.17. The molecule has 1 fully saturated rings. The number of hydrogen-bond donors (Lipinski definition) is 1. The third kappa shape index (κ3) is 5.59. The van der Waals surface area contributed by atoms with Gasteiger partial charge < -0.3 is 10.2 Å². The van der Waals surface area contributed by atoms with Crippen LogP contribution in [0, 0.1) is 5.92 Å². The Labute approximate surface area is 156 Å². The van der Waals surface area contributed by atoms with Crippen molar-refractivity contribution in [3.8, 4) is 0 Å². The lowest BCUT2D eigenvalue weighted by Gasteiger charge is -2.17. The van der Waals surface area contributed by atoms with Gasteiger partial charge in [0.2, 0.25) is 11.8 Å². The summed E-state index contributed by atoms with van der Waals surface area (Å²) in [5, 5.41) is 4.95. The van der Waals surface area contributed by atoms with Crippen LogP contribution in [0.4, 0.5) is 0 Å². The summed E-state index contributed by atoms with van der Waals surface area (Å²) in [5.74, 6) is 0.542. The smallest absolute Gasteiger partial charge is 0.222 e. The van der Waals surface area contributed by atoms with Crippen molar-refractivity contribution in [3.05, 3.63) is 40.9 Å². The molecule has 0 radical (unpaired) electrons. The molecule has 1 saturated heterocycles. The highest BCUT2D eigenvalue weighted by atomic mass is 32.1. The molecule has 3 rings (SSSR count). The van der Waals surface area contributed by atoms with Crippen molar-refractivity contribution in [1.29, 1.82) is 0 Å². The van der Waals surface area contributed by atoms with E-state index in [0.29, 0.717) is 38.1 Å². The van der Waals surface area contributed by atoms with Gasteiger partial charge in [0.1, 0.15) is 6.33 Å². The molecular weight excluding hydrogens is 350 g/mol. The summed E-state index contributed by atoms with van der Waals surface area (Å²) in [7, 11) is 0. The van der Waals surface area contributed by atoms with Gasteiger partial charge in [0, 0.05) is 50.2 Å². The summed E-state index contributed by atoms with van der Waals surface area (Å²) in [6.45, 7) is 2.12. The number of likely N-dealkylation sites (tertiary alicyclic amines) is 1. The molecule has 2 amide bonds. The van der Waals surface area contributed by atoms with Gasteiger partial charge in [0.25, 0.3) is 0 Å². The van der Waals surface area contributed by atoms with E-state index in [-0.39, 0.29) is 11.8 Å². The molecule has 0 spiro atoms. The monoisotopic (exact) mass is 373 g/mol. The molecule has 8 heteroatoms. The van der Waals surface area contributed by atoms with Gasteiger partial charge in [0.05, 0.1) is 11.2 Å². The van der Waals surface area contributed by atoms with Gasteiger partial charge in [-0.2, -0.15) is 0 Å². The summed E-state index contributed by atoms with van der Waals surface area (Å²) in [4.78, 5) is 38.3. The maximum absolute atomic E-state index is 12.3. The Hall–Kier alpha value is -2.35. The lowest BCUT2D eigenvalue weighted by molar-refractivity contribution is -0.130. The van der Waals surface area contributed by atoms with Crippen LogP contribution in [0.15, 0.2) is 29.6 Å². The molecule has 1 aliphatic heterocycles. The summed E-state index contributed by atoms with van der Waals surface area (Å²) in [6, 6.07) is 0. The number of amides is 2. The SMILES string of the molecule is O=C(CCc1cscn1)NCC1CCN(C(=O)CCc2cncnc2)C1. The van der Waals surface area contributed by atoms with Crippen LogP contribution < -0.4 is 5.32 Å². The first-order valence-corrected chi connectivity index (χ1v) is 9.80. The van der Waals surface area contributed by atoms with Crippen LogP contribution in [-0.4, -0.2) is 51.3 Å². The van der Waals surface area contributed by atoms with Gasteiger partial charge >= 0.3 is 0 Å². The predicted molar refractivity (Wildman–Crippen MR) is 98.5 cm³/mol.